The number of nitrogen functional groups attached to an aromatic ring is 1. The van der Waals surface area contributed by atoms with Gasteiger partial charge in [-0.25, -0.2) is 4.79 Å². The molecule has 0 bridgehead atoms. The zero-order valence-corrected chi connectivity index (χ0v) is 15.8. The van der Waals surface area contributed by atoms with Gasteiger partial charge in [-0.15, -0.1) is 0 Å². The molecular formula is C22H20N2O5. The lowest BCUT2D eigenvalue weighted by Gasteiger charge is -2.12. The summed E-state index contributed by atoms with van der Waals surface area (Å²) < 4.78 is 15.9. The van der Waals surface area contributed by atoms with Crippen LogP contribution in [-0.4, -0.2) is 25.6 Å². The van der Waals surface area contributed by atoms with Crippen molar-refractivity contribution in [2.75, 3.05) is 24.8 Å². The van der Waals surface area contributed by atoms with E-state index in [0.29, 0.717) is 28.6 Å². The Morgan fingerprint density at radius 2 is 1.66 bits per heavy atom. The highest BCUT2D eigenvalue weighted by atomic mass is 16.5. The minimum Gasteiger partial charge on any atom is -0.495 e. The number of esters is 1. The lowest BCUT2D eigenvalue weighted by atomic mass is 10.2. The summed E-state index contributed by atoms with van der Waals surface area (Å²) in [5.74, 6) is 0.403. The van der Waals surface area contributed by atoms with Gasteiger partial charge in [0.2, 0.25) is 0 Å². The number of rotatable bonds is 7. The summed E-state index contributed by atoms with van der Waals surface area (Å²) in [5.41, 5.74) is 6.78. The van der Waals surface area contributed by atoms with Gasteiger partial charge in [-0.1, -0.05) is 30.3 Å². The Bertz CT molecular complexity index is 1010. The Kier molecular flexibility index (Phi) is 6.32. The molecule has 3 aromatic carbocycles. The Morgan fingerprint density at radius 1 is 0.931 bits per heavy atom. The maximum Gasteiger partial charge on any atom is 0.338 e. The summed E-state index contributed by atoms with van der Waals surface area (Å²) in [5, 5.41) is 2.68. The van der Waals surface area contributed by atoms with Crippen molar-refractivity contribution in [3.05, 3.63) is 78.4 Å². The number of amides is 1. The van der Waals surface area contributed by atoms with Crippen molar-refractivity contribution in [1.29, 1.82) is 0 Å². The first kappa shape index (κ1) is 19.8. The van der Waals surface area contributed by atoms with Crippen LogP contribution in [-0.2, 0) is 9.53 Å². The minimum atomic E-state index is -0.664. The lowest BCUT2D eigenvalue weighted by Crippen LogP contribution is -2.21. The van der Waals surface area contributed by atoms with Crippen LogP contribution in [0.5, 0.6) is 17.2 Å². The van der Waals surface area contributed by atoms with Crippen LogP contribution in [0.1, 0.15) is 10.4 Å². The molecule has 0 spiro atoms. The minimum absolute atomic E-state index is 0.226. The first-order chi connectivity index (χ1) is 14.1. The van der Waals surface area contributed by atoms with E-state index in [1.807, 2.05) is 18.2 Å². The summed E-state index contributed by atoms with van der Waals surface area (Å²) in [6, 6.07) is 20.7. The van der Waals surface area contributed by atoms with Crippen molar-refractivity contribution in [2.24, 2.45) is 0 Å². The number of hydrogen-bond acceptors (Lipinski definition) is 6. The Morgan fingerprint density at radius 3 is 2.38 bits per heavy atom. The molecule has 7 nitrogen and oxygen atoms in total. The SMILES string of the molecule is COc1ccc(C(=O)OCC(=O)Nc2ccccc2Oc2ccccc2)cc1N. The molecule has 7 heteroatoms. The summed E-state index contributed by atoms with van der Waals surface area (Å²) >= 11 is 0. The number of nitrogens with two attached hydrogens (primary N) is 1. The van der Waals surface area contributed by atoms with Crippen molar-refractivity contribution >= 4 is 23.3 Å². The van der Waals surface area contributed by atoms with Crippen LogP contribution in [0.15, 0.2) is 72.8 Å². The molecule has 0 fully saturated rings. The van der Waals surface area contributed by atoms with Gasteiger partial charge in [0.05, 0.1) is 24.0 Å². The van der Waals surface area contributed by atoms with Crippen LogP contribution >= 0.6 is 0 Å². The second-order valence-corrected chi connectivity index (χ2v) is 5.99. The number of methoxy groups -OCH3 is 1. The third-order valence-electron chi connectivity index (χ3n) is 3.93. The number of carbonyl (C=O) groups is 2. The molecule has 0 radical (unpaired) electrons. The molecule has 1 amide bonds. The van der Waals surface area contributed by atoms with Gasteiger partial charge in [-0.2, -0.15) is 0 Å². The van der Waals surface area contributed by atoms with Gasteiger partial charge in [0.15, 0.2) is 12.4 Å². The van der Waals surface area contributed by atoms with Crippen molar-refractivity contribution in [2.45, 2.75) is 0 Å². The molecule has 0 aromatic heterocycles. The topological polar surface area (TPSA) is 99.9 Å². The molecule has 3 rings (SSSR count). The predicted octanol–water partition coefficient (Wildman–Crippen LogP) is 3.87. The van der Waals surface area contributed by atoms with Crippen LogP contribution in [0.25, 0.3) is 0 Å². The average molecular weight is 392 g/mol. The molecule has 0 heterocycles. The van der Waals surface area contributed by atoms with Crippen molar-refractivity contribution in [3.8, 4) is 17.2 Å². The quantitative estimate of drug-likeness (QED) is 0.468. The Labute approximate surface area is 168 Å². The maximum atomic E-state index is 12.2. The first-order valence-electron chi connectivity index (χ1n) is 8.79. The third-order valence-corrected chi connectivity index (χ3v) is 3.93. The van der Waals surface area contributed by atoms with E-state index in [1.54, 1.807) is 42.5 Å². The van der Waals surface area contributed by atoms with Gasteiger partial charge in [-0.3, -0.25) is 4.79 Å². The molecule has 0 aliphatic heterocycles. The van der Waals surface area contributed by atoms with Gasteiger partial charge < -0.3 is 25.3 Å². The average Bonchev–Trinajstić information content (AvgIpc) is 2.74. The molecule has 148 valence electrons. The largest absolute Gasteiger partial charge is 0.495 e. The molecule has 0 atom stereocenters. The number of para-hydroxylation sites is 3. The molecular weight excluding hydrogens is 372 g/mol. The van der Waals surface area contributed by atoms with E-state index in [4.69, 9.17) is 19.9 Å². The highest BCUT2D eigenvalue weighted by Crippen LogP contribution is 2.29. The predicted molar refractivity (Wildman–Crippen MR) is 109 cm³/mol. The number of ether oxygens (including phenoxy) is 3. The third kappa shape index (κ3) is 5.26. The molecule has 0 saturated heterocycles. The highest BCUT2D eigenvalue weighted by Gasteiger charge is 2.14. The molecule has 0 unspecified atom stereocenters. The fourth-order valence-electron chi connectivity index (χ4n) is 2.54. The number of hydrogen-bond donors (Lipinski definition) is 2. The summed E-state index contributed by atoms with van der Waals surface area (Å²) in [7, 11) is 1.48. The summed E-state index contributed by atoms with van der Waals surface area (Å²) in [6.07, 6.45) is 0. The van der Waals surface area contributed by atoms with Crippen molar-refractivity contribution in [1.82, 2.24) is 0 Å². The maximum absolute atomic E-state index is 12.2. The Hall–Kier alpha value is -4.00. The van der Waals surface area contributed by atoms with E-state index in [1.165, 1.54) is 19.2 Å². The van der Waals surface area contributed by atoms with Crippen LogP contribution in [0.2, 0.25) is 0 Å². The number of nitrogens with one attached hydrogen (secondary N) is 1. The first-order valence-corrected chi connectivity index (χ1v) is 8.79. The summed E-state index contributed by atoms with van der Waals surface area (Å²) in [6.45, 7) is -0.454. The van der Waals surface area contributed by atoms with Gasteiger partial charge in [0.1, 0.15) is 11.5 Å². The normalized spacial score (nSPS) is 10.1. The van der Waals surface area contributed by atoms with E-state index < -0.39 is 18.5 Å². The van der Waals surface area contributed by atoms with E-state index >= 15 is 0 Å². The zero-order chi connectivity index (χ0) is 20.6. The van der Waals surface area contributed by atoms with Crippen LogP contribution < -0.4 is 20.5 Å². The Balaban J connectivity index is 1.60. The highest BCUT2D eigenvalue weighted by molar-refractivity contribution is 5.96. The monoisotopic (exact) mass is 392 g/mol. The van der Waals surface area contributed by atoms with Gasteiger partial charge in [0.25, 0.3) is 5.91 Å². The second kappa shape index (κ2) is 9.27. The van der Waals surface area contributed by atoms with Gasteiger partial charge in [0, 0.05) is 0 Å². The van der Waals surface area contributed by atoms with Crippen LogP contribution in [0.4, 0.5) is 11.4 Å². The number of benzene rings is 3. The fraction of sp³-hybridized carbons (Fsp3) is 0.0909. The lowest BCUT2D eigenvalue weighted by molar-refractivity contribution is -0.119. The smallest absolute Gasteiger partial charge is 0.338 e. The number of anilines is 2. The zero-order valence-electron chi connectivity index (χ0n) is 15.8. The van der Waals surface area contributed by atoms with E-state index in [0.717, 1.165) is 0 Å². The molecule has 0 aliphatic carbocycles. The van der Waals surface area contributed by atoms with Crippen molar-refractivity contribution in [3.63, 3.8) is 0 Å². The van der Waals surface area contributed by atoms with Crippen molar-refractivity contribution < 1.29 is 23.8 Å². The standard InChI is InChI=1S/C22H20N2O5/c1-27-19-12-11-15(13-17(19)23)22(26)28-14-21(25)24-18-9-5-6-10-20(18)29-16-7-3-2-4-8-16/h2-13H,14,23H2,1H3,(H,24,25). The van der Waals surface area contributed by atoms with E-state index in [-0.39, 0.29) is 5.56 Å². The van der Waals surface area contributed by atoms with E-state index in [2.05, 4.69) is 5.32 Å². The van der Waals surface area contributed by atoms with E-state index in [9.17, 15) is 9.59 Å². The molecule has 3 aromatic rings. The summed E-state index contributed by atoms with van der Waals surface area (Å²) in [4.78, 5) is 24.4. The fourth-order valence-corrected chi connectivity index (χ4v) is 2.54. The van der Waals surface area contributed by atoms with Gasteiger partial charge in [-0.05, 0) is 42.5 Å². The molecule has 3 N–H and O–H groups in total. The second-order valence-electron chi connectivity index (χ2n) is 5.99. The molecule has 0 saturated carbocycles. The molecule has 0 aliphatic rings. The number of carbonyl (C=O) groups excluding carboxylic acids is 2. The van der Waals surface area contributed by atoms with Crippen LogP contribution in [0.3, 0.4) is 0 Å². The molecule has 29 heavy (non-hydrogen) atoms. The van der Waals surface area contributed by atoms with Crippen LogP contribution in [0, 0.1) is 0 Å². The van der Waals surface area contributed by atoms with Gasteiger partial charge >= 0.3 is 5.97 Å².